The van der Waals surface area contributed by atoms with Crippen molar-refractivity contribution in [3.05, 3.63) is 35.6 Å². The summed E-state index contributed by atoms with van der Waals surface area (Å²) in [5.74, 6) is -2.28. The molecule has 1 aromatic carbocycles. The monoisotopic (exact) mass is 264 g/mol. The highest BCUT2D eigenvalue weighted by molar-refractivity contribution is 6.04. The van der Waals surface area contributed by atoms with Crippen molar-refractivity contribution in [1.29, 1.82) is 0 Å². The molecule has 0 radical (unpaired) electrons. The number of ketones is 1. The minimum atomic E-state index is -1.03. The fraction of sp³-hybridized carbons (Fsp3) is 0.467. The van der Waals surface area contributed by atoms with E-state index in [9.17, 15) is 19.1 Å². The smallest absolute Gasteiger partial charge is 0.310 e. The standard InChI is InChI=1S/C15H17FO3/c1-14(2,3)15(13(18)19)8-11(15)12(17)9-5-4-6-10(16)7-9/h4-7,11H,8H2,1-3H3,(H,18,19). The first-order valence-electron chi connectivity index (χ1n) is 6.23. The molecule has 0 aliphatic heterocycles. The SMILES string of the molecule is CC(C)(C)C1(C(=O)O)CC1C(=O)c1cccc(F)c1. The van der Waals surface area contributed by atoms with Gasteiger partial charge in [0.05, 0.1) is 5.41 Å². The molecule has 1 aliphatic carbocycles. The highest BCUT2D eigenvalue weighted by Gasteiger charge is 2.69. The highest BCUT2D eigenvalue weighted by Crippen LogP contribution is 2.64. The van der Waals surface area contributed by atoms with Crippen LogP contribution in [-0.4, -0.2) is 16.9 Å². The van der Waals surface area contributed by atoms with E-state index in [4.69, 9.17) is 0 Å². The second kappa shape index (κ2) is 4.15. The molecule has 19 heavy (non-hydrogen) atoms. The van der Waals surface area contributed by atoms with Crippen LogP contribution in [0.1, 0.15) is 37.6 Å². The summed E-state index contributed by atoms with van der Waals surface area (Å²) in [6.07, 6.45) is 0.321. The third kappa shape index (κ3) is 2.05. The van der Waals surface area contributed by atoms with E-state index in [2.05, 4.69) is 0 Å². The number of carbonyl (C=O) groups excluding carboxylic acids is 1. The summed E-state index contributed by atoms with van der Waals surface area (Å²) in [6.45, 7) is 5.46. The Morgan fingerprint density at radius 3 is 2.42 bits per heavy atom. The number of halogens is 1. The number of rotatable bonds is 3. The summed E-state index contributed by atoms with van der Waals surface area (Å²) in [4.78, 5) is 23.8. The average Bonchev–Trinajstić information content (AvgIpc) is 3.03. The van der Waals surface area contributed by atoms with E-state index in [-0.39, 0.29) is 11.3 Å². The lowest BCUT2D eigenvalue weighted by Gasteiger charge is -2.28. The Kier molecular flexibility index (Phi) is 3.00. The Morgan fingerprint density at radius 2 is 2.00 bits per heavy atom. The number of hydrogen-bond donors (Lipinski definition) is 1. The zero-order valence-electron chi connectivity index (χ0n) is 11.2. The molecule has 0 amide bonds. The van der Waals surface area contributed by atoms with Crippen LogP contribution in [0.25, 0.3) is 0 Å². The molecule has 1 aromatic rings. The van der Waals surface area contributed by atoms with Crippen molar-refractivity contribution in [3.8, 4) is 0 Å². The fourth-order valence-electron chi connectivity index (χ4n) is 2.81. The quantitative estimate of drug-likeness (QED) is 0.853. The molecule has 4 heteroatoms. The lowest BCUT2D eigenvalue weighted by Crippen LogP contribution is -2.34. The number of carbonyl (C=O) groups is 2. The Balaban J connectivity index is 2.31. The molecule has 0 aromatic heterocycles. The van der Waals surface area contributed by atoms with Gasteiger partial charge in [0.15, 0.2) is 5.78 Å². The van der Waals surface area contributed by atoms with Gasteiger partial charge in [0.2, 0.25) is 0 Å². The van der Waals surface area contributed by atoms with Crippen molar-refractivity contribution >= 4 is 11.8 Å². The first-order chi connectivity index (χ1) is 8.70. The van der Waals surface area contributed by atoms with Crippen LogP contribution in [0.3, 0.4) is 0 Å². The van der Waals surface area contributed by atoms with Crippen LogP contribution in [0.15, 0.2) is 24.3 Å². The molecule has 1 fully saturated rings. The number of Topliss-reactive ketones (excluding diaryl/α,β-unsaturated/α-hetero) is 1. The molecule has 0 heterocycles. The summed E-state index contributed by atoms with van der Waals surface area (Å²) in [5.41, 5.74) is -1.29. The van der Waals surface area contributed by atoms with E-state index in [0.717, 1.165) is 6.07 Å². The number of carboxylic acids is 1. The first kappa shape index (κ1) is 13.7. The molecule has 1 aliphatic rings. The number of aliphatic carboxylic acids is 1. The van der Waals surface area contributed by atoms with Crippen molar-refractivity contribution in [2.24, 2.45) is 16.7 Å². The summed E-state index contributed by atoms with van der Waals surface area (Å²) >= 11 is 0. The van der Waals surface area contributed by atoms with Gasteiger partial charge in [-0.05, 0) is 24.0 Å². The maximum atomic E-state index is 13.1. The summed E-state index contributed by atoms with van der Waals surface area (Å²) in [6, 6.07) is 5.41. The van der Waals surface area contributed by atoms with Gasteiger partial charge in [-0.25, -0.2) is 4.39 Å². The van der Waals surface area contributed by atoms with Gasteiger partial charge in [0.1, 0.15) is 5.82 Å². The maximum Gasteiger partial charge on any atom is 0.310 e. The molecule has 2 atom stereocenters. The Hall–Kier alpha value is -1.71. The summed E-state index contributed by atoms with van der Waals surface area (Å²) in [7, 11) is 0. The molecule has 1 saturated carbocycles. The van der Waals surface area contributed by atoms with Crippen molar-refractivity contribution in [3.63, 3.8) is 0 Å². The van der Waals surface area contributed by atoms with E-state index in [1.54, 1.807) is 0 Å². The van der Waals surface area contributed by atoms with Gasteiger partial charge in [-0.1, -0.05) is 32.9 Å². The maximum absolute atomic E-state index is 13.1. The van der Waals surface area contributed by atoms with E-state index in [0.29, 0.717) is 6.42 Å². The number of hydrogen-bond acceptors (Lipinski definition) is 2. The third-order valence-electron chi connectivity index (χ3n) is 4.11. The predicted octanol–water partition coefficient (Wildman–Crippen LogP) is 3.15. The zero-order chi connectivity index (χ0) is 14.4. The Labute approximate surface area is 111 Å². The first-order valence-corrected chi connectivity index (χ1v) is 6.23. The van der Waals surface area contributed by atoms with Gasteiger partial charge in [0.25, 0.3) is 0 Å². The molecule has 3 nitrogen and oxygen atoms in total. The fourth-order valence-corrected chi connectivity index (χ4v) is 2.81. The molecular weight excluding hydrogens is 247 g/mol. The van der Waals surface area contributed by atoms with Crippen LogP contribution in [0.4, 0.5) is 4.39 Å². The molecule has 102 valence electrons. The second-order valence-electron chi connectivity index (χ2n) is 6.16. The zero-order valence-corrected chi connectivity index (χ0v) is 11.2. The van der Waals surface area contributed by atoms with Gasteiger partial charge in [-0.2, -0.15) is 0 Å². The van der Waals surface area contributed by atoms with Crippen LogP contribution in [0.2, 0.25) is 0 Å². The van der Waals surface area contributed by atoms with E-state index < -0.39 is 28.5 Å². The normalized spacial score (nSPS) is 26.0. The van der Waals surface area contributed by atoms with E-state index in [1.807, 2.05) is 20.8 Å². The van der Waals surface area contributed by atoms with Crippen molar-refractivity contribution in [1.82, 2.24) is 0 Å². The lowest BCUT2D eigenvalue weighted by molar-refractivity contribution is -0.148. The molecule has 1 N–H and O–H groups in total. The third-order valence-corrected chi connectivity index (χ3v) is 4.11. The van der Waals surface area contributed by atoms with Gasteiger partial charge < -0.3 is 5.11 Å². The van der Waals surface area contributed by atoms with Crippen molar-refractivity contribution in [2.75, 3.05) is 0 Å². The average molecular weight is 264 g/mol. The molecule has 0 saturated heterocycles. The molecule has 2 unspecified atom stereocenters. The molecule has 0 spiro atoms. The van der Waals surface area contributed by atoms with Gasteiger partial charge in [0, 0.05) is 11.5 Å². The Bertz CT molecular complexity index is 545. The molecular formula is C15H17FO3. The van der Waals surface area contributed by atoms with Crippen LogP contribution >= 0.6 is 0 Å². The Morgan fingerprint density at radius 1 is 1.37 bits per heavy atom. The number of carboxylic acid groups (broad SMARTS) is 1. The largest absolute Gasteiger partial charge is 0.481 e. The minimum absolute atomic E-state index is 0.248. The summed E-state index contributed by atoms with van der Waals surface area (Å²) in [5, 5.41) is 9.43. The topological polar surface area (TPSA) is 54.4 Å². The van der Waals surface area contributed by atoms with Gasteiger partial charge >= 0.3 is 5.97 Å². The minimum Gasteiger partial charge on any atom is -0.481 e. The van der Waals surface area contributed by atoms with E-state index >= 15 is 0 Å². The lowest BCUT2D eigenvalue weighted by atomic mass is 9.75. The van der Waals surface area contributed by atoms with Crippen LogP contribution in [0, 0.1) is 22.6 Å². The molecule has 0 bridgehead atoms. The molecule has 2 rings (SSSR count). The van der Waals surface area contributed by atoms with Crippen LogP contribution in [0.5, 0.6) is 0 Å². The predicted molar refractivity (Wildman–Crippen MR) is 68.4 cm³/mol. The van der Waals surface area contributed by atoms with Gasteiger partial charge in [-0.15, -0.1) is 0 Å². The van der Waals surface area contributed by atoms with E-state index in [1.165, 1.54) is 18.2 Å². The van der Waals surface area contributed by atoms with Crippen molar-refractivity contribution < 1.29 is 19.1 Å². The second-order valence-corrected chi connectivity index (χ2v) is 6.16. The summed E-state index contributed by atoms with van der Waals surface area (Å²) < 4.78 is 13.1. The van der Waals surface area contributed by atoms with Crippen LogP contribution in [-0.2, 0) is 4.79 Å². The van der Waals surface area contributed by atoms with Gasteiger partial charge in [-0.3, -0.25) is 9.59 Å². The van der Waals surface area contributed by atoms with Crippen LogP contribution < -0.4 is 0 Å². The highest BCUT2D eigenvalue weighted by atomic mass is 19.1. The number of benzene rings is 1. The van der Waals surface area contributed by atoms with Crippen molar-refractivity contribution in [2.45, 2.75) is 27.2 Å².